The van der Waals surface area contributed by atoms with Gasteiger partial charge in [0.15, 0.2) is 0 Å². The Balaban J connectivity index is 1.64. The molecule has 0 saturated carbocycles. The average Bonchev–Trinajstić information content (AvgIpc) is 3.03. The molecule has 0 fully saturated rings. The van der Waals surface area contributed by atoms with Gasteiger partial charge in [-0.2, -0.15) is 5.10 Å². The number of pyridine rings is 1. The molecule has 0 bridgehead atoms. The molecule has 0 radical (unpaired) electrons. The summed E-state index contributed by atoms with van der Waals surface area (Å²) >= 11 is 0. The van der Waals surface area contributed by atoms with Gasteiger partial charge in [-0.1, -0.05) is 12.1 Å². The maximum Gasteiger partial charge on any atom is 0.118 e. The molecule has 0 saturated heterocycles. The fourth-order valence-electron chi connectivity index (χ4n) is 2.20. The van der Waals surface area contributed by atoms with Gasteiger partial charge in [0.05, 0.1) is 12.8 Å². The Bertz CT molecular complexity index is 690. The summed E-state index contributed by atoms with van der Waals surface area (Å²) in [5.74, 6) is 0.887. The molecule has 0 atom stereocenters. The standard InChI is InChI=1S/C17H17N3O/c1-21-16-4-2-14(3-5-16)8-12-20-13-9-17(19-20)15-6-10-18-11-7-15/h2-7,9-11,13H,8,12H2,1H3. The average molecular weight is 279 g/mol. The molecule has 2 aromatic heterocycles. The lowest BCUT2D eigenvalue weighted by atomic mass is 10.1. The molecule has 3 rings (SSSR count). The Hall–Kier alpha value is -2.62. The zero-order valence-corrected chi connectivity index (χ0v) is 11.9. The third-order valence-electron chi connectivity index (χ3n) is 3.41. The van der Waals surface area contributed by atoms with Gasteiger partial charge in [-0.15, -0.1) is 0 Å². The van der Waals surface area contributed by atoms with E-state index in [0.717, 1.165) is 30.0 Å². The summed E-state index contributed by atoms with van der Waals surface area (Å²) in [4.78, 5) is 4.02. The Kier molecular flexibility index (Phi) is 3.96. The summed E-state index contributed by atoms with van der Waals surface area (Å²) in [7, 11) is 1.68. The number of aromatic nitrogens is 3. The number of benzene rings is 1. The van der Waals surface area contributed by atoms with Crippen LogP contribution in [0.3, 0.4) is 0 Å². The number of methoxy groups -OCH3 is 1. The van der Waals surface area contributed by atoms with Crippen LogP contribution < -0.4 is 4.74 Å². The topological polar surface area (TPSA) is 39.9 Å². The Morgan fingerprint density at radius 3 is 2.48 bits per heavy atom. The highest BCUT2D eigenvalue weighted by atomic mass is 16.5. The first kappa shape index (κ1) is 13.4. The van der Waals surface area contributed by atoms with E-state index in [0.29, 0.717) is 0 Å². The summed E-state index contributed by atoms with van der Waals surface area (Å²) in [5.41, 5.74) is 3.34. The van der Waals surface area contributed by atoms with Crippen LogP contribution in [-0.2, 0) is 13.0 Å². The van der Waals surface area contributed by atoms with E-state index in [1.165, 1.54) is 5.56 Å². The van der Waals surface area contributed by atoms with Crippen LogP contribution >= 0.6 is 0 Å². The van der Waals surface area contributed by atoms with E-state index in [1.807, 2.05) is 41.2 Å². The summed E-state index contributed by atoms with van der Waals surface area (Å²) in [6.45, 7) is 0.859. The molecular formula is C17H17N3O. The Morgan fingerprint density at radius 1 is 1.00 bits per heavy atom. The van der Waals surface area contributed by atoms with E-state index in [-0.39, 0.29) is 0 Å². The molecule has 3 aromatic rings. The van der Waals surface area contributed by atoms with Crippen LogP contribution in [0.4, 0.5) is 0 Å². The summed E-state index contributed by atoms with van der Waals surface area (Å²) in [6.07, 6.45) is 6.53. The highest BCUT2D eigenvalue weighted by Gasteiger charge is 2.02. The second-order valence-electron chi connectivity index (χ2n) is 4.80. The lowest BCUT2D eigenvalue weighted by molar-refractivity contribution is 0.414. The van der Waals surface area contributed by atoms with Gasteiger partial charge in [-0.25, -0.2) is 0 Å². The molecule has 0 aliphatic rings. The van der Waals surface area contributed by atoms with Gasteiger partial charge in [0.1, 0.15) is 5.75 Å². The molecule has 106 valence electrons. The van der Waals surface area contributed by atoms with Gasteiger partial charge in [0.2, 0.25) is 0 Å². The number of rotatable bonds is 5. The zero-order valence-electron chi connectivity index (χ0n) is 11.9. The maximum absolute atomic E-state index is 5.16. The minimum absolute atomic E-state index is 0.859. The van der Waals surface area contributed by atoms with Crippen molar-refractivity contribution < 1.29 is 4.74 Å². The van der Waals surface area contributed by atoms with Crippen LogP contribution in [0.1, 0.15) is 5.56 Å². The fourth-order valence-corrected chi connectivity index (χ4v) is 2.20. The van der Waals surface area contributed by atoms with Gasteiger partial charge in [0, 0.05) is 30.7 Å². The van der Waals surface area contributed by atoms with E-state index in [2.05, 4.69) is 22.2 Å². The monoisotopic (exact) mass is 279 g/mol. The van der Waals surface area contributed by atoms with Crippen LogP contribution in [0.5, 0.6) is 5.75 Å². The van der Waals surface area contributed by atoms with Gasteiger partial charge in [-0.3, -0.25) is 9.67 Å². The quantitative estimate of drug-likeness (QED) is 0.720. The van der Waals surface area contributed by atoms with E-state index in [9.17, 15) is 0 Å². The van der Waals surface area contributed by atoms with Crippen molar-refractivity contribution in [1.82, 2.24) is 14.8 Å². The second-order valence-corrected chi connectivity index (χ2v) is 4.80. The maximum atomic E-state index is 5.16. The molecule has 21 heavy (non-hydrogen) atoms. The molecule has 0 aliphatic heterocycles. The molecular weight excluding hydrogens is 262 g/mol. The second kappa shape index (κ2) is 6.22. The number of ether oxygens (including phenoxy) is 1. The Morgan fingerprint density at radius 2 is 1.76 bits per heavy atom. The third-order valence-corrected chi connectivity index (χ3v) is 3.41. The van der Waals surface area contributed by atoms with Crippen molar-refractivity contribution in [3.05, 3.63) is 66.6 Å². The molecule has 0 amide bonds. The van der Waals surface area contributed by atoms with E-state index < -0.39 is 0 Å². The summed E-state index contributed by atoms with van der Waals surface area (Å²) in [6, 6.07) is 14.1. The number of nitrogens with zero attached hydrogens (tertiary/aromatic N) is 3. The molecule has 1 aromatic carbocycles. The van der Waals surface area contributed by atoms with Crippen LogP contribution in [0.15, 0.2) is 61.1 Å². The van der Waals surface area contributed by atoms with Gasteiger partial charge >= 0.3 is 0 Å². The predicted octanol–water partition coefficient (Wildman–Crippen LogP) is 3.20. The largest absolute Gasteiger partial charge is 0.497 e. The van der Waals surface area contributed by atoms with E-state index >= 15 is 0 Å². The number of hydrogen-bond acceptors (Lipinski definition) is 3. The number of hydrogen-bond donors (Lipinski definition) is 0. The number of aryl methyl sites for hydroxylation is 2. The first-order valence-electron chi connectivity index (χ1n) is 6.92. The first-order chi connectivity index (χ1) is 10.3. The van der Waals surface area contributed by atoms with Crippen molar-refractivity contribution in [2.75, 3.05) is 7.11 Å². The van der Waals surface area contributed by atoms with Crippen LogP contribution in [0.25, 0.3) is 11.3 Å². The predicted molar refractivity (Wildman–Crippen MR) is 82.2 cm³/mol. The normalized spacial score (nSPS) is 10.5. The zero-order chi connectivity index (χ0) is 14.5. The smallest absolute Gasteiger partial charge is 0.118 e. The molecule has 0 spiro atoms. The fraction of sp³-hybridized carbons (Fsp3) is 0.176. The SMILES string of the molecule is COc1ccc(CCn2ccc(-c3ccncc3)n2)cc1. The highest BCUT2D eigenvalue weighted by molar-refractivity contribution is 5.57. The van der Waals surface area contributed by atoms with E-state index in [1.54, 1.807) is 19.5 Å². The third kappa shape index (κ3) is 3.28. The summed E-state index contributed by atoms with van der Waals surface area (Å²) < 4.78 is 7.13. The van der Waals surface area contributed by atoms with Crippen molar-refractivity contribution in [2.24, 2.45) is 0 Å². The summed E-state index contributed by atoms with van der Waals surface area (Å²) in [5, 5.41) is 4.59. The van der Waals surface area contributed by atoms with Crippen LogP contribution in [-0.4, -0.2) is 21.9 Å². The van der Waals surface area contributed by atoms with Crippen LogP contribution in [0, 0.1) is 0 Å². The van der Waals surface area contributed by atoms with Crippen molar-refractivity contribution in [3.8, 4) is 17.0 Å². The van der Waals surface area contributed by atoms with Gasteiger partial charge in [-0.05, 0) is 42.3 Å². The van der Waals surface area contributed by atoms with Crippen molar-refractivity contribution in [1.29, 1.82) is 0 Å². The van der Waals surface area contributed by atoms with E-state index in [4.69, 9.17) is 4.74 Å². The molecule has 0 unspecified atom stereocenters. The lowest BCUT2D eigenvalue weighted by Gasteiger charge is -2.04. The molecule has 4 heteroatoms. The molecule has 2 heterocycles. The minimum atomic E-state index is 0.859. The molecule has 4 nitrogen and oxygen atoms in total. The van der Waals surface area contributed by atoms with Crippen molar-refractivity contribution >= 4 is 0 Å². The van der Waals surface area contributed by atoms with Crippen molar-refractivity contribution in [2.45, 2.75) is 13.0 Å². The molecule has 0 N–H and O–H groups in total. The minimum Gasteiger partial charge on any atom is -0.497 e. The van der Waals surface area contributed by atoms with Gasteiger partial charge < -0.3 is 4.74 Å². The lowest BCUT2D eigenvalue weighted by Crippen LogP contribution is -2.02. The molecule has 0 aliphatic carbocycles. The van der Waals surface area contributed by atoms with Crippen molar-refractivity contribution in [3.63, 3.8) is 0 Å². The Labute approximate surface area is 124 Å². The highest BCUT2D eigenvalue weighted by Crippen LogP contribution is 2.16. The first-order valence-corrected chi connectivity index (χ1v) is 6.92. The van der Waals surface area contributed by atoms with Crippen LogP contribution in [0.2, 0.25) is 0 Å². The van der Waals surface area contributed by atoms with Gasteiger partial charge in [0.25, 0.3) is 0 Å².